The molecule has 5 nitrogen and oxygen atoms in total. The van der Waals surface area contributed by atoms with Crippen LogP contribution in [-0.2, 0) is 0 Å². The molecule has 0 amide bonds. The Morgan fingerprint density at radius 2 is 1.90 bits per heavy atom. The lowest BCUT2D eigenvalue weighted by atomic mass is 10.0. The van der Waals surface area contributed by atoms with Gasteiger partial charge in [0.1, 0.15) is 5.82 Å². The van der Waals surface area contributed by atoms with E-state index >= 15 is 0 Å². The van der Waals surface area contributed by atoms with Gasteiger partial charge in [-0.15, -0.1) is 5.10 Å². The lowest BCUT2D eigenvalue weighted by Gasteiger charge is -2.10. The molecule has 0 aliphatic heterocycles. The van der Waals surface area contributed by atoms with Gasteiger partial charge < -0.3 is 5.73 Å². The highest BCUT2D eigenvalue weighted by Crippen LogP contribution is 2.71. The molecule has 0 spiro atoms. The van der Waals surface area contributed by atoms with Gasteiger partial charge in [-0.3, -0.25) is 0 Å². The number of hydrogen-bond acceptors (Lipinski definition) is 4. The van der Waals surface area contributed by atoms with Crippen LogP contribution in [0.5, 0.6) is 0 Å². The molecule has 5 rings (SSSR count). The van der Waals surface area contributed by atoms with Crippen molar-refractivity contribution in [1.29, 1.82) is 0 Å². The van der Waals surface area contributed by atoms with Gasteiger partial charge in [-0.1, -0.05) is 0 Å². The van der Waals surface area contributed by atoms with Gasteiger partial charge in [0.2, 0.25) is 0 Å². The lowest BCUT2D eigenvalue weighted by Crippen LogP contribution is -2.08. The van der Waals surface area contributed by atoms with Crippen molar-refractivity contribution in [2.45, 2.75) is 25.3 Å². The predicted molar refractivity (Wildman–Crippen MR) is 74.5 cm³/mol. The number of tetrazole rings is 1. The molecular weight excluding hydrogens is 269 g/mol. The number of aromatic nitrogens is 4. The molecule has 0 saturated heterocycles. The van der Waals surface area contributed by atoms with Gasteiger partial charge in [0.05, 0.1) is 6.04 Å². The van der Waals surface area contributed by atoms with E-state index in [-0.39, 0.29) is 5.82 Å². The van der Waals surface area contributed by atoms with Crippen molar-refractivity contribution in [1.82, 2.24) is 20.2 Å². The molecule has 1 aromatic heterocycles. The Labute approximate surface area is 121 Å². The standard InChI is InChI=1S/C15H16FN5/c16-10-4-9(5-11(17)6-10)15-18-19-20-21(15)14-12-7-1-2-8(3-7)13(12)14/h4-8,12-14H,1-3,17H2. The maximum atomic E-state index is 13.6. The minimum atomic E-state index is -0.351. The summed E-state index contributed by atoms with van der Waals surface area (Å²) in [5.41, 5.74) is 6.80. The summed E-state index contributed by atoms with van der Waals surface area (Å²) in [5.74, 6) is 3.45. The molecule has 1 aromatic carbocycles. The van der Waals surface area contributed by atoms with E-state index in [4.69, 9.17) is 5.73 Å². The molecule has 6 heteroatoms. The van der Waals surface area contributed by atoms with E-state index in [2.05, 4.69) is 15.5 Å². The fraction of sp³-hybridized carbons (Fsp3) is 0.533. The normalized spacial score (nSPS) is 36.0. The van der Waals surface area contributed by atoms with Crippen LogP contribution in [0, 0.1) is 29.5 Å². The summed E-state index contributed by atoms with van der Waals surface area (Å²) in [4.78, 5) is 0. The molecule has 2 aromatic rings. The Morgan fingerprint density at radius 1 is 1.14 bits per heavy atom. The Morgan fingerprint density at radius 3 is 2.62 bits per heavy atom. The Hall–Kier alpha value is -1.98. The molecule has 4 unspecified atom stereocenters. The van der Waals surface area contributed by atoms with Crippen LogP contribution >= 0.6 is 0 Å². The van der Waals surface area contributed by atoms with Crippen molar-refractivity contribution in [3.05, 3.63) is 24.0 Å². The highest BCUT2D eigenvalue weighted by molar-refractivity contribution is 5.61. The topological polar surface area (TPSA) is 69.6 Å². The Balaban J connectivity index is 1.54. The van der Waals surface area contributed by atoms with Crippen molar-refractivity contribution in [3.8, 4) is 11.4 Å². The smallest absolute Gasteiger partial charge is 0.182 e. The second-order valence-corrected chi connectivity index (χ2v) is 6.70. The number of anilines is 1. The third-order valence-electron chi connectivity index (χ3n) is 5.65. The number of nitrogen functional groups attached to an aromatic ring is 1. The molecule has 2 N–H and O–H groups in total. The first-order valence-corrected chi connectivity index (χ1v) is 7.56. The van der Waals surface area contributed by atoms with Gasteiger partial charge in [0.25, 0.3) is 0 Å². The zero-order valence-electron chi connectivity index (χ0n) is 11.5. The van der Waals surface area contributed by atoms with Gasteiger partial charge in [-0.25, -0.2) is 9.07 Å². The molecule has 3 fully saturated rings. The van der Waals surface area contributed by atoms with Crippen molar-refractivity contribution < 1.29 is 4.39 Å². The summed E-state index contributed by atoms with van der Waals surface area (Å²) in [7, 11) is 0. The Bertz CT molecular complexity index is 690. The summed E-state index contributed by atoms with van der Waals surface area (Å²) in [6, 6.07) is 4.90. The van der Waals surface area contributed by atoms with E-state index in [0.717, 1.165) is 23.7 Å². The highest BCUT2D eigenvalue weighted by atomic mass is 19.1. The molecule has 3 aliphatic carbocycles. The van der Waals surface area contributed by atoms with Crippen LogP contribution in [-0.4, -0.2) is 20.2 Å². The van der Waals surface area contributed by atoms with E-state index in [0.29, 0.717) is 23.1 Å². The monoisotopic (exact) mass is 285 g/mol. The van der Waals surface area contributed by atoms with E-state index in [1.54, 1.807) is 6.07 Å². The summed E-state index contributed by atoms with van der Waals surface area (Å²) in [6.07, 6.45) is 4.09. The van der Waals surface area contributed by atoms with Crippen molar-refractivity contribution in [2.75, 3.05) is 5.73 Å². The average molecular weight is 285 g/mol. The number of rotatable bonds is 2. The van der Waals surface area contributed by atoms with Crippen LogP contribution in [0.4, 0.5) is 10.1 Å². The molecule has 3 saturated carbocycles. The molecule has 2 bridgehead atoms. The van der Waals surface area contributed by atoms with Crippen molar-refractivity contribution in [2.24, 2.45) is 23.7 Å². The van der Waals surface area contributed by atoms with E-state index in [9.17, 15) is 4.39 Å². The maximum absolute atomic E-state index is 13.6. The van der Waals surface area contributed by atoms with Crippen LogP contribution in [0.2, 0.25) is 0 Å². The number of benzene rings is 1. The van der Waals surface area contributed by atoms with Crippen LogP contribution in [0.25, 0.3) is 11.4 Å². The van der Waals surface area contributed by atoms with E-state index in [1.807, 2.05) is 4.68 Å². The number of hydrogen-bond donors (Lipinski definition) is 1. The third-order valence-corrected chi connectivity index (χ3v) is 5.65. The van der Waals surface area contributed by atoms with Gasteiger partial charge in [0, 0.05) is 11.3 Å². The van der Waals surface area contributed by atoms with Gasteiger partial charge in [-0.05, 0) is 71.6 Å². The first-order chi connectivity index (χ1) is 10.2. The lowest BCUT2D eigenvalue weighted by molar-refractivity contribution is 0.427. The first kappa shape index (κ1) is 11.7. The quantitative estimate of drug-likeness (QED) is 0.859. The fourth-order valence-corrected chi connectivity index (χ4v) is 4.93. The molecule has 21 heavy (non-hydrogen) atoms. The highest BCUT2D eigenvalue weighted by Gasteiger charge is 2.66. The second-order valence-electron chi connectivity index (χ2n) is 6.70. The zero-order valence-corrected chi connectivity index (χ0v) is 11.5. The van der Waals surface area contributed by atoms with Crippen LogP contribution < -0.4 is 5.73 Å². The number of halogens is 1. The number of nitrogens with zero attached hydrogens (tertiary/aromatic N) is 4. The summed E-state index contributed by atoms with van der Waals surface area (Å²) in [6.45, 7) is 0. The fourth-order valence-electron chi connectivity index (χ4n) is 4.93. The molecule has 0 radical (unpaired) electrons. The van der Waals surface area contributed by atoms with Crippen molar-refractivity contribution in [3.63, 3.8) is 0 Å². The van der Waals surface area contributed by atoms with Gasteiger partial charge in [-0.2, -0.15) is 0 Å². The molecular formula is C15H16FN5. The minimum absolute atomic E-state index is 0.351. The van der Waals surface area contributed by atoms with Crippen LogP contribution in [0.15, 0.2) is 18.2 Å². The average Bonchev–Trinajstić information content (AvgIpc) is 2.87. The van der Waals surface area contributed by atoms with Crippen molar-refractivity contribution >= 4 is 5.69 Å². The third kappa shape index (κ3) is 1.53. The minimum Gasteiger partial charge on any atom is -0.399 e. The predicted octanol–water partition coefficient (Wildman–Crippen LogP) is 2.28. The largest absolute Gasteiger partial charge is 0.399 e. The van der Waals surface area contributed by atoms with Crippen LogP contribution in [0.3, 0.4) is 0 Å². The SMILES string of the molecule is Nc1cc(F)cc(-c2nnnn2C2C3C4CCC(C4)C32)c1. The summed E-state index contributed by atoms with van der Waals surface area (Å²) in [5, 5.41) is 12.1. The first-order valence-electron chi connectivity index (χ1n) is 7.56. The summed E-state index contributed by atoms with van der Waals surface area (Å²) < 4.78 is 15.5. The molecule has 4 atom stereocenters. The van der Waals surface area contributed by atoms with Gasteiger partial charge >= 0.3 is 0 Å². The number of nitrogens with two attached hydrogens (primary N) is 1. The second kappa shape index (κ2) is 3.81. The number of fused-ring (bicyclic) bond motifs is 5. The zero-order chi connectivity index (χ0) is 14.1. The maximum Gasteiger partial charge on any atom is 0.182 e. The Kier molecular flexibility index (Phi) is 2.11. The van der Waals surface area contributed by atoms with E-state index in [1.165, 1.54) is 31.4 Å². The summed E-state index contributed by atoms with van der Waals surface area (Å²) >= 11 is 0. The molecule has 3 aliphatic rings. The van der Waals surface area contributed by atoms with E-state index < -0.39 is 0 Å². The van der Waals surface area contributed by atoms with Gasteiger partial charge in [0.15, 0.2) is 5.82 Å². The van der Waals surface area contributed by atoms with Crippen LogP contribution in [0.1, 0.15) is 25.3 Å². The molecule has 108 valence electrons. The molecule has 1 heterocycles.